The normalized spacial score (nSPS) is 15.9. The van der Waals surface area contributed by atoms with Gasteiger partial charge in [-0.3, -0.25) is 9.80 Å². The number of thiazole rings is 1. The van der Waals surface area contributed by atoms with Gasteiger partial charge in [0.15, 0.2) is 5.58 Å². The number of aliphatic hydroxyl groups excluding tert-OH is 1. The lowest BCUT2D eigenvalue weighted by Gasteiger charge is -2.34. The number of β-amino-alcohol motifs (C(OH)–C–C–N with tert-alkyl or cyclic N) is 1. The van der Waals surface area contributed by atoms with Crippen molar-refractivity contribution in [2.75, 3.05) is 39.3 Å². The molecule has 3 aromatic carbocycles. The highest BCUT2D eigenvalue weighted by atomic mass is 32.1. The fraction of sp³-hybridized carbons (Fsp3) is 0.310. The van der Waals surface area contributed by atoms with Crippen molar-refractivity contribution in [3.63, 3.8) is 0 Å². The Morgan fingerprint density at radius 2 is 1.73 bits per heavy atom. The Bertz CT molecular complexity index is 1490. The number of hydrogen-bond acceptors (Lipinski definition) is 8. The Labute approximate surface area is 219 Å². The molecule has 0 saturated carbocycles. The summed E-state index contributed by atoms with van der Waals surface area (Å²) < 4.78 is 13.0. The molecule has 3 heterocycles. The molecule has 1 atom stereocenters. The number of hydrogen-bond donors (Lipinski definition) is 1. The van der Waals surface area contributed by atoms with Crippen molar-refractivity contribution in [2.24, 2.45) is 0 Å². The second-order valence-corrected chi connectivity index (χ2v) is 10.8. The number of fused-ring (bicyclic) bond motifs is 2. The highest BCUT2D eigenvalue weighted by molar-refractivity contribution is 7.18. The van der Waals surface area contributed by atoms with Crippen molar-refractivity contribution in [2.45, 2.75) is 19.6 Å². The van der Waals surface area contributed by atoms with Crippen molar-refractivity contribution < 1.29 is 14.3 Å². The monoisotopic (exact) mass is 514 g/mol. The molecular weight excluding hydrogens is 484 g/mol. The number of piperazine rings is 1. The van der Waals surface area contributed by atoms with E-state index in [2.05, 4.69) is 39.0 Å². The van der Waals surface area contributed by atoms with Crippen molar-refractivity contribution in [1.82, 2.24) is 19.8 Å². The SMILES string of the molecule is Cc1nc2cc(OC[C@H](O)CN3CCN(Cc4nc5cc(-c6ccccc6)ccc5o4)CC3)ccc2s1. The van der Waals surface area contributed by atoms with Gasteiger partial charge in [-0.15, -0.1) is 11.3 Å². The molecule has 0 radical (unpaired) electrons. The zero-order valence-corrected chi connectivity index (χ0v) is 21.7. The molecule has 1 fully saturated rings. The van der Waals surface area contributed by atoms with Crippen LogP contribution in [0.15, 0.2) is 71.1 Å². The molecule has 8 heteroatoms. The highest BCUT2D eigenvalue weighted by Gasteiger charge is 2.21. The summed E-state index contributed by atoms with van der Waals surface area (Å²) in [6.45, 7) is 7.14. The second-order valence-electron chi connectivity index (χ2n) is 9.56. The molecule has 7 nitrogen and oxygen atoms in total. The van der Waals surface area contributed by atoms with Gasteiger partial charge < -0.3 is 14.3 Å². The van der Waals surface area contributed by atoms with Gasteiger partial charge in [-0.25, -0.2) is 9.97 Å². The molecule has 0 unspecified atom stereocenters. The van der Waals surface area contributed by atoms with Gasteiger partial charge in [-0.2, -0.15) is 0 Å². The molecule has 1 saturated heterocycles. The van der Waals surface area contributed by atoms with E-state index in [9.17, 15) is 5.11 Å². The first-order valence-corrected chi connectivity index (χ1v) is 13.5. The van der Waals surface area contributed by atoms with Crippen LogP contribution in [-0.2, 0) is 6.54 Å². The molecule has 1 N–H and O–H groups in total. The Kier molecular flexibility index (Phi) is 6.89. The standard InChI is InChI=1S/C29H30N4O3S/c1-20-30-26-16-24(8-10-28(26)37-20)35-19-23(34)17-32-11-13-33(14-12-32)18-29-31-25-15-22(7-9-27(25)36-29)21-5-3-2-4-6-21/h2-10,15-16,23,34H,11-14,17-19H2,1H3/t23-/m1/s1. The third-order valence-electron chi connectivity index (χ3n) is 6.74. The van der Waals surface area contributed by atoms with E-state index in [1.807, 2.05) is 49.4 Å². The van der Waals surface area contributed by atoms with Gasteiger partial charge in [-0.05, 0) is 42.3 Å². The summed E-state index contributed by atoms with van der Waals surface area (Å²) in [6.07, 6.45) is -0.546. The first-order valence-electron chi connectivity index (χ1n) is 12.7. The smallest absolute Gasteiger partial charge is 0.209 e. The van der Waals surface area contributed by atoms with E-state index in [0.29, 0.717) is 13.1 Å². The number of oxazole rings is 1. The Hall–Kier alpha value is -3.30. The number of nitrogens with zero attached hydrogens (tertiary/aromatic N) is 4. The minimum Gasteiger partial charge on any atom is -0.491 e. The van der Waals surface area contributed by atoms with Gasteiger partial charge in [0, 0.05) is 38.8 Å². The summed E-state index contributed by atoms with van der Waals surface area (Å²) in [4.78, 5) is 13.9. The molecule has 0 spiro atoms. The molecular formula is C29H30N4O3S. The lowest BCUT2D eigenvalue weighted by atomic mass is 10.1. The number of rotatable bonds is 8. The summed E-state index contributed by atoms with van der Waals surface area (Å²) in [6, 6.07) is 22.4. The number of aromatic nitrogens is 2. The van der Waals surface area contributed by atoms with Crippen molar-refractivity contribution in [3.8, 4) is 16.9 Å². The van der Waals surface area contributed by atoms with Gasteiger partial charge >= 0.3 is 0 Å². The quantitative estimate of drug-likeness (QED) is 0.313. The van der Waals surface area contributed by atoms with Crippen LogP contribution in [-0.4, -0.2) is 70.3 Å². The van der Waals surface area contributed by atoms with Crippen LogP contribution >= 0.6 is 11.3 Å². The molecule has 190 valence electrons. The van der Waals surface area contributed by atoms with Gasteiger partial charge in [0.05, 0.1) is 21.8 Å². The van der Waals surface area contributed by atoms with E-state index >= 15 is 0 Å². The van der Waals surface area contributed by atoms with Crippen LogP contribution in [0.5, 0.6) is 5.75 Å². The average Bonchev–Trinajstić information content (AvgIpc) is 3.49. The fourth-order valence-corrected chi connectivity index (χ4v) is 5.64. The summed E-state index contributed by atoms with van der Waals surface area (Å²) in [7, 11) is 0. The fourth-order valence-electron chi connectivity index (χ4n) is 4.83. The third kappa shape index (κ3) is 5.67. The van der Waals surface area contributed by atoms with E-state index in [1.165, 1.54) is 5.56 Å². The van der Waals surface area contributed by atoms with Crippen molar-refractivity contribution >= 4 is 32.7 Å². The Morgan fingerprint density at radius 1 is 0.919 bits per heavy atom. The van der Waals surface area contributed by atoms with Gasteiger partial charge in [-0.1, -0.05) is 36.4 Å². The minimum atomic E-state index is -0.546. The number of aryl methyl sites for hydroxylation is 1. The summed E-state index contributed by atoms with van der Waals surface area (Å²) in [5.74, 6) is 1.49. The first kappa shape index (κ1) is 24.1. The van der Waals surface area contributed by atoms with E-state index in [-0.39, 0.29) is 6.61 Å². The van der Waals surface area contributed by atoms with Gasteiger partial charge in [0.25, 0.3) is 0 Å². The van der Waals surface area contributed by atoms with Crippen LogP contribution < -0.4 is 4.74 Å². The van der Waals surface area contributed by atoms with E-state index in [4.69, 9.17) is 14.1 Å². The van der Waals surface area contributed by atoms with E-state index in [1.54, 1.807) is 11.3 Å². The zero-order chi connectivity index (χ0) is 25.2. The molecule has 0 aliphatic carbocycles. The topological polar surface area (TPSA) is 74.9 Å². The van der Waals surface area contributed by atoms with E-state index < -0.39 is 6.10 Å². The molecule has 37 heavy (non-hydrogen) atoms. The molecule has 0 amide bonds. The van der Waals surface area contributed by atoms with Crippen LogP contribution in [0.3, 0.4) is 0 Å². The maximum atomic E-state index is 10.5. The third-order valence-corrected chi connectivity index (χ3v) is 7.69. The predicted octanol–water partition coefficient (Wildman–Crippen LogP) is 4.97. The predicted molar refractivity (Wildman–Crippen MR) is 147 cm³/mol. The maximum Gasteiger partial charge on any atom is 0.209 e. The van der Waals surface area contributed by atoms with Crippen LogP contribution in [0.2, 0.25) is 0 Å². The largest absolute Gasteiger partial charge is 0.491 e. The molecule has 1 aliphatic heterocycles. The maximum absolute atomic E-state index is 10.5. The summed E-state index contributed by atoms with van der Waals surface area (Å²) in [5.41, 5.74) is 4.97. The van der Waals surface area contributed by atoms with Crippen LogP contribution in [0, 0.1) is 6.92 Å². The molecule has 1 aliphatic rings. The molecule has 6 rings (SSSR count). The van der Waals surface area contributed by atoms with Gasteiger partial charge in [0.2, 0.25) is 5.89 Å². The number of ether oxygens (including phenoxy) is 1. The zero-order valence-electron chi connectivity index (χ0n) is 20.8. The van der Waals surface area contributed by atoms with Crippen molar-refractivity contribution in [3.05, 3.63) is 77.6 Å². The average molecular weight is 515 g/mol. The van der Waals surface area contributed by atoms with Gasteiger partial charge in [0.1, 0.15) is 24.0 Å². The lowest BCUT2D eigenvalue weighted by molar-refractivity contribution is 0.0431. The Morgan fingerprint density at radius 3 is 2.57 bits per heavy atom. The first-order chi connectivity index (χ1) is 18.1. The minimum absolute atomic E-state index is 0.267. The summed E-state index contributed by atoms with van der Waals surface area (Å²) in [5, 5.41) is 11.6. The molecule has 5 aromatic rings. The second kappa shape index (κ2) is 10.6. The highest BCUT2D eigenvalue weighted by Crippen LogP contribution is 2.26. The Balaban J connectivity index is 0.981. The molecule has 2 aromatic heterocycles. The number of benzene rings is 3. The summed E-state index contributed by atoms with van der Waals surface area (Å²) >= 11 is 1.67. The van der Waals surface area contributed by atoms with Crippen LogP contribution in [0.1, 0.15) is 10.9 Å². The van der Waals surface area contributed by atoms with Crippen molar-refractivity contribution in [1.29, 1.82) is 0 Å². The van der Waals surface area contributed by atoms with Crippen LogP contribution in [0.25, 0.3) is 32.4 Å². The van der Waals surface area contributed by atoms with E-state index in [0.717, 1.165) is 69.7 Å². The lowest BCUT2D eigenvalue weighted by Crippen LogP contribution is -2.48. The van der Waals surface area contributed by atoms with Crippen LogP contribution in [0.4, 0.5) is 0 Å². The number of aliphatic hydroxyl groups is 1. The molecule has 0 bridgehead atoms.